The molecule has 0 aliphatic rings. The van der Waals surface area contributed by atoms with Gasteiger partial charge < -0.3 is 5.73 Å². The van der Waals surface area contributed by atoms with Crippen LogP contribution in [-0.2, 0) is 6.54 Å². The van der Waals surface area contributed by atoms with Crippen molar-refractivity contribution >= 4 is 18.2 Å². The van der Waals surface area contributed by atoms with Gasteiger partial charge in [0.1, 0.15) is 0 Å². The molecule has 0 unspecified atom stereocenters. The van der Waals surface area contributed by atoms with E-state index in [-0.39, 0.29) is 0 Å². The standard InChI is InChI=1S/C8H9N5S/c9-7-11-12-8(14)13(7)5-6-3-1-2-4-10-6/h1-4H,5H2,(H2,9,11)(H,12,14). The van der Waals surface area contributed by atoms with Crippen LogP contribution in [0.5, 0.6) is 0 Å². The van der Waals surface area contributed by atoms with E-state index in [0.717, 1.165) is 5.69 Å². The molecule has 2 rings (SSSR count). The average Bonchev–Trinajstić information content (AvgIpc) is 2.51. The lowest BCUT2D eigenvalue weighted by molar-refractivity contribution is 0.770. The molecule has 14 heavy (non-hydrogen) atoms. The fraction of sp³-hybridized carbons (Fsp3) is 0.125. The summed E-state index contributed by atoms with van der Waals surface area (Å²) in [5.74, 6) is 0.376. The number of nitrogen functional groups attached to an aromatic ring is 1. The Bertz CT molecular complexity index is 472. The van der Waals surface area contributed by atoms with Crippen molar-refractivity contribution in [3.63, 3.8) is 0 Å². The zero-order valence-electron chi connectivity index (χ0n) is 7.34. The van der Waals surface area contributed by atoms with E-state index in [1.54, 1.807) is 10.8 Å². The third-order valence-electron chi connectivity index (χ3n) is 1.83. The van der Waals surface area contributed by atoms with Gasteiger partial charge in [-0.15, -0.1) is 5.10 Å². The monoisotopic (exact) mass is 207 g/mol. The van der Waals surface area contributed by atoms with Gasteiger partial charge >= 0.3 is 0 Å². The predicted octanol–water partition coefficient (Wildman–Crippen LogP) is 0.966. The smallest absolute Gasteiger partial charge is 0.220 e. The van der Waals surface area contributed by atoms with Gasteiger partial charge in [-0.05, 0) is 24.4 Å². The number of H-pyrrole nitrogens is 1. The molecule has 2 heterocycles. The second kappa shape index (κ2) is 3.59. The summed E-state index contributed by atoms with van der Waals surface area (Å²) in [6.45, 7) is 0.544. The number of nitrogens with zero attached hydrogens (tertiary/aromatic N) is 3. The molecule has 0 bridgehead atoms. The van der Waals surface area contributed by atoms with Crippen LogP contribution in [0, 0.1) is 4.77 Å². The van der Waals surface area contributed by atoms with Crippen LogP contribution in [0.1, 0.15) is 5.69 Å². The predicted molar refractivity (Wildman–Crippen MR) is 55.2 cm³/mol. The summed E-state index contributed by atoms with van der Waals surface area (Å²) < 4.78 is 2.20. The Morgan fingerprint density at radius 2 is 2.36 bits per heavy atom. The number of pyridine rings is 1. The van der Waals surface area contributed by atoms with Crippen molar-refractivity contribution < 1.29 is 0 Å². The first kappa shape index (κ1) is 8.89. The maximum absolute atomic E-state index is 5.62. The van der Waals surface area contributed by atoms with Gasteiger partial charge in [0.25, 0.3) is 0 Å². The molecule has 3 N–H and O–H groups in total. The molecule has 0 fully saturated rings. The highest BCUT2D eigenvalue weighted by atomic mass is 32.1. The number of nitrogens with two attached hydrogens (primary N) is 1. The molecule has 72 valence electrons. The highest BCUT2D eigenvalue weighted by Gasteiger charge is 2.02. The van der Waals surface area contributed by atoms with E-state index in [9.17, 15) is 0 Å². The lowest BCUT2D eigenvalue weighted by atomic mass is 10.3. The van der Waals surface area contributed by atoms with Crippen LogP contribution in [0.3, 0.4) is 0 Å². The SMILES string of the molecule is Nc1n[nH]c(=S)n1Cc1ccccn1. The normalized spacial score (nSPS) is 10.3. The first-order valence-corrected chi connectivity index (χ1v) is 4.49. The Balaban J connectivity index is 2.32. The first-order chi connectivity index (χ1) is 6.77. The van der Waals surface area contributed by atoms with E-state index >= 15 is 0 Å². The van der Waals surface area contributed by atoms with E-state index in [4.69, 9.17) is 18.0 Å². The highest BCUT2D eigenvalue weighted by molar-refractivity contribution is 7.71. The summed E-state index contributed by atoms with van der Waals surface area (Å²) in [5.41, 5.74) is 6.52. The zero-order chi connectivity index (χ0) is 9.97. The molecule has 0 spiro atoms. The third-order valence-corrected chi connectivity index (χ3v) is 2.15. The number of anilines is 1. The number of nitrogens with one attached hydrogen (secondary N) is 1. The van der Waals surface area contributed by atoms with E-state index in [0.29, 0.717) is 17.3 Å². The van der Waals surface area contributed by atoms with E-state index in [1.165, 1.54) is 0 Å². The zero-order valence-corrected chi connectivity index (χ0v) is 8.16. The number of aromatic nitrogens is 4. The summed E-state index contributed by atoms with van der Waals surface area (Å²) >= 11 is 5.01. The first-order valence-electron chi connectivity index (χ1n) is 4.08. The molecule has 5 nitrogen and oxygen atoms in total. The Labute approximate surface area is 85.6 Å². The second-order valence-corrected chi connectivity index (χ2v) is 3.18. The van der Waals surface area contributed by atoms with Crippen molar-refractivity contribution in [2.45, 2.75) is 6.54 Å². The highest BCUT2D eigenvalue weighted by Crippen LogP contribution is 2.03. The summed E-state index contributed by atoms with van der Waals surface area (Å²) in [6.07, 6.45) is 1.73. The molecular formula is C8H9N5S. The van der Waals surface area contributed by atoms with Crippen molar-refractivity contribution in [1.29, 1.82) is 0 Å². The summed E-state index contributed by atoms with van der Waals surface area (Å²) in [7, 11) is 0. The van der Waals surface area contributed by atoms with Crippen molar-refractivity contribution in [2.24, 2.45) is 0 Å². The van der Waals surface area contributed by atoms with Gasteiger partial charge in [-0.25, -0.2) is 5.10 Å². The Morgan fingerprint density at radius 1 is 1.50 bits per heavy atom. The average molecular weight is 207 g/mol. The van der Waals surface area contributed by atoms with E-state index in [1.807, 2.05) is 18.2 Å². The quantitative estimate of drug-likeness (QED) is 0.720. The molecule has 2 aromatic heterocycles. The van der Waals surface area contributed by atoms with Crippen molar-refractivity contribution in [3.05, 3.63) is 34.9 Å². The van der Waals surface area contributed by atoms with Gasteiger partial charge in [-0.3, -0.25) is 9.55 Å². The van der Waals surface area contributed by atoms with Gasteiger partial charge in [0.2, 0.25) is 5.95 Å². The van der Waals surface area contributed by atoms with Gasteiger partial charge in [-0.1, -0.05) is 6.07 Å². The van der Waals surface area contributed by atoms with Gasteiger partial charge in [0, 0.05) is 6.20 Å². The molecule has 0 atom stereocenters. The molecule has 6 heteroatoms. The fourth-order valence-corrected chi connectivity index (χ4v) is 1.34. The Morgan fingerprint density at radius 3 is 2.93 bits per heavy atom. The largest absolute Gasteiger partial charge is 0.368 e. The van der Waals surface area contributed by atoms with Crippen LogP contribution in [0.4, 0.5) is 5.95 Å². The lowest BCUT2D eigenvalue weighted by Gasteiger charge is -2.01. The minimum absolute atomic E-state index is 0.376. The third kappa shape index (κ3) is 1.64. The van der Waals surface area contributed by atoms with E-state index < -0.39 is 0 Å². The molecule has 0 radical (unpaired) electrons. The summed E-state index contributed by atoms with van der Waals surface area (Å²) in [5, 5.41) is 6.43. The van der Waals surface area contributed by atoms with Gasteiger partial charge in [0.05, 0.1) is 12.2 Å². The van der Waals surface area contributed by atoms with Crippen LogP contribution in [-0.4, -0.2) is 19.7 Å². The van der Waals surface area contributed by atoms with Gasteiger partial charge in [-0.2, -0.15) is 0 Å². The van der Waals surface area contributed by atoms with Crippen molar-refractivity contribution in [3.8, 4) is 0 Å². The molecule has 2 aromatic rings. The molecule has 0 aliphatic heterocycles. The summed E-state index contributed by atoms with van der Waals surface area (Å²) in [4.78, 5) is 4.17. The molecule has 0 amide bonds. The van der Waals surface area contributed by atoms with Crippen molar-refractivity contribution in [1.82, 2.24) is 19.7 Å². The van der Waals surface area contributed by atoms with Gasteiger partial charge in [0.15, 0.2) is 4.77 Å². The minimum Gasteiger partial charge on any atom is -0.368 e. The van der Waals surface area contributed by atoms with Crippen LogP contribution in [0.15, 0.2) is 24.4 Å². The molecule has 0 saturated carbocycles. The Hall–Kier alpha value is -1.69. The lowest BCUT2D eigenvalue weighted by Crippen LogP contribution is -2.05. The number of rotatable bonds is 2. The number of hydrogen-bond acceptors (Lipinski definition) is 4. The van der Waals surface area contributed by atoms with Crippen LogP contribution < -0.4 is 5.73 Å². The van der Waals surface area contributed by atoms with E-state index in [2.05, 4.69) is 15.2 Å². The summed E-state index contributed by atoms with van der Waals surface area (Å²) in [6, 6.07) is 5.69. The maximum Gasteiger partial charge on any atom is 0.220 e. The molecule has 0 aliphatic carbocycles. The fourth-order valence-electron chi connectivity index (χ4n) is 1.14. The van der Waals surface area contributed by atoms with Crippen LogP contribution in [0.25, 0.3) is 0 Å². The minimum atomic E-state index is 0.376. The van der Waals surface area contributed by atoms with Crippen LogP contribution >= 0.6 is 12.2 Å². The molecular weight excluding hydrogens is 198 g/mol. The molecule has 0 aromatic carbocycles. The number of hydrogen-bond donors (Lipinski definition) is 2. The van der Waals surface area contributed by atoms with Crippen LogP contribution in [0.2, 0.25) is 0 Å². The Kier molecular flexibility index (Phi) is 2.28. The number of aromatic amines is 1. The topological polar surface area (TPSA) is 72.5 Å². The van der Waals surface area contributed by atoms with Crippen molar-refractivity contribution in [2.75, 3.05) is 5.73 Å². The molecule has 0 saturated heterocycles. The second-order valence-electron chi connectivity index (χ2n) is 2.79. The maximum atomic E-state index is 5.62.